The molecule has 0 radical (unpaired) electrons. The lowest BCUT2D eigenvalue weighted by Crippen LogP contribution is -2.53. The fourth-order valence-corrected chi connectivity index (χ4v) is 4.44. The minimum Gasteiger partial charge on any atom is -0.354 e. The number of carbonyl (C=O) groups excluding carboxylic acids is 1. The highest BCUT2D eigenvalue weighted by molar-refractivity contribution is 6.04. The number of carbonyl (C=O) groups is 1. The van der Waals surface area contributed by atoms with Gasteiger partial charge in [-0.1, -0.05) is 0 Å². The SMILES string of the molecule is C[C@H]1CN(c2cc(F)ncn2)CCN1c1ncc(NC(=O)c2ccc(N3CCN(C)CC3)nc2)cn1. The molecule has 0 bridgehead atoms. The minimum atomic E-state index is -0.544. The van der Waals surface area contributed by atoms with Crippen molar-refractivity contribution in [2.75, 3.05) is 72.9 Å². The second kappa shape index (κ2) is 10.4. The number of pyridine rings is 1. The van der Waals surface area contributed by atoms with Crippen LogP contribution in [0.1, 0.15) is 17.3 Å². The topological polar surface area (TPSA) is 107 Å². The molecule has 3 aromatic heterocycles. The summed E-state index contributed by atoms with van der Waals surface area (Å²) in [6, 6.07) is 5.10. The summed E-state index contributed by atoms with van der Waals surface area (Å²) in [6.07, 6.45) is 6.04. The van der Waals surface area contributed by atoms with Crippen LogP contribution in [-0.2, 0) is 0 Å². The predicted octanol–water partition coefficient (Wildman–Crippen LogP) is 1.52. The average molecular weight is 493 g/mol. The Morgan fingerprint density at radius 2 is 1.67 bits per heavy atom. The van der Waals surface area contributed by atoms with Crippen molar-refractivity contribution in [2.24, 2.45) is 0 Å². The number of rotatable bonds is 5. The van der Waals surface area contributed by atoms with Crippen LogP contribution in [-0.4, -0.2) is 94.6 Å². The molecule has 36 heavy (non-hydrogen) atoms. The van der Waals surface area contributed by atoms with Crippen molar-refractivity contribution in [3.8, 4) is 0 Å². The first-order valence-corrected chi connectivity index (χ1v) is 12.0. The van der Waals surface area contributed by atoms with E-state index in [1.54, 1.807) is 24.7 Å². The fourth-order valence-electron chi connectivity index (χ4n) is 4.44. The Balaban J connectivity index is 1.17. The third-order valence-electron chi connectivity index (χ3n) is 6.56. The quantitative estimate of drug-likeness (QED) is 0.527. The molecular weight excluding hydrogens is 463 g/mol. The van der Waals surface area contributed by atoms with E-state index in [-0.39, 0.29) is 11.9 Å². The van der Waals surface area contributed by atoms with Gasteiger partial charge in [0, 0.05) is 64.1 Å². The Labute approximate surface area is 209 Å². The standard InChI is InChI=1S/C24H29FN10O/c1-17-15-34(22-11-20(25)29-16-30-22)9-10-35(17)24-27-13-19(14-28-24)31-23(36)18-3-4-21(26-12-18)33-7-5-32(2)6-8-33/h3-4,11-14,16-17H,5-10,15H2,1-2H3,(H,31,36)/t17-/m0/s1. The van der Waals surface area contributed by atoms with Crippen LogP contribution in [0, 0.1) is 5.95 Å². The van der Waals surface area contributed by atoms with Crippen LogP contribution in [0.15, 0.2) is 43.1 Å². The molecular formula is C24H29FN10O. The summed E-state index contributed by atoms with van der Waals surface area (Å²) < 4.78 is 13.5. The molecule has 1 amide bonds. The van der Waals surface area contributed by atoms with Gasteiger partial charge in [0.15, 0.2) is 0 Å². The molecule has 0 unspecified atom stereocenters. The Hall–Kier alpha value is -3.93. The van der Waals surface area contributed by atoms with Gasteiger partial charge in [-0.2, -0.15) is 4.39 Å². The van der Waals surface area contributed by atoms with Gasteiger partial charge in [-0.05, 0) is 26.1 Å². The number of hydrogen-bond acceptors (Lipinski definition) is 10. The average Bonchev–Trinajstić information content (AvgIpc) is 2.90. The zero-order valence-electron chi connectivity index (χ0n) is 20.4. The first kappa shape index (κ1) is 23.8. The number of anilines is 4. The molecule has 12 heteroatoms. The Bertz CT molecular complexity index is 1180. The molecule has 1 atom stereocenters. The Kier molecular flexibility index (Phi) is 6.85. The van der Waals surface area contributed by atoms with E-state index in [1.165, 1.54) is 12.4 Å². The molecule has 0 aliphatic carbocycles. The molecule has 0 spiro atoms. The lowest BCUT2D eigenvalue weighted by atomic mass is 10.2. The van der Waals surface area contributed by atoms with Crippen LogP contribution in [0.25, 0.3) is 0 Å². The molecule has 3 aromatic rings. The van der Waals surface area contributed by atoms with E-state index in [9.17, 15) is 9.18 Å². The van der Waals surface area contributed by atoms with Crippen LogP contribution in [0.3, 0.4) is 0 Å². The number of hydrogen-bond donors (Lipinski definition) is 1. The van der Waals surface area contributed by atoms with E-state index in [2.05, 4.69) is 58.9 Å². The maximum atomic E-state index is 13.5. The van der Waals surface area contributed by atoms with Crippen LogP contribution in [0.2, 0.25) is 0 Å². The minimum absolute atomic E-state index is 0.0853. The van der Waals surface area contributed by atoms with E-state index in [4.69, 9.17) is 0 Å². The Morgan fingerprint density at radius 1 is 0.917 bits per heavy atom. The molecule has 188 valence electrons. The van der Waals surface area contributed by atoms with Crippen LogP contribution in [0.4, 0.5) is 27.7 Å². The summed E-state index contributed by atoms with van der Waals surface area (Å²) >= 11 is 0. The molecule has 2 aliphatic rings. The van der Waals surface area contributed by atoms with Gasteiger partial charge in [0.25, 0.3) is 5.91 Å². The highest BCUT2D eigenvalue weighted by Gasteiger charge is 2.26. The largest absolute Gasteiger partial charge is 0.354 e. The third-order valence-corrected chi connectivity index (χ3v) is 6.56. The third kappa shape index (κ3) is 5.33. The van der Waals surface area contributed by atoms with E-state index < -0.39 is 5.95 Å². The van der Waals surface area contributed by atoms with Gasteiger partial charge in [-0.3, -0.25) is 4.79 Å². The number of amides is 1. The molecule has 5 rings (SSSR count). The molecule has 11 nitrogen and oxygen atoms in total. The zero-order valence-corrected chi connectivity index (χ0v) is 20.4. The monoisotopic (exact) mass is 492 g/mol. The first-order valence-electron chi connectivity index (χ1n) is 12.0. The number of nitrogens with zero attached hydrogens (tertiary/aromatic N) is 9. The molecule has 2 aliphatic heterocycles. The van der Waals surface area contributed by atoms with Crippen molar-refractivity contribution in [3.05, 3.63) is 54.6 Å². The van der Waals surface area contributed by atoms with E-state index in [0.717, 1.165) is 32.0 Å². The molecule has 0 saturated carbocycles. The highest BCUT2D eigenvalue weighted by atomic mass is 19.1. The van der Waals surface area contributed by atoms with Crippen LogP contribution >= 0.6 is 0 Å². The maximum absolute atomic E-state index is 13.5. The summed E-state index contributed by atoms with van der Waals surface area (Å²) in [5.74, 6) is 1.22. The number of halogens is 1. The van der Waals surface area contributed by atoms with Crippen LogP contribution in [0.5, 0.6) is 0 Å². The zero-order chi connectivity index (χ0) is 25.1. The smallest absolute Gasteiger partial charge is 0.257 e. The molecule has 5 heterocycles. The van der Waals surface area contributed by atoms with Crippen molar-refractivity contribution in [1.29, 1.82) is 0 Å². The molecule has 2 saturated heterocycles. The van der Waals surface area contributed by atoms with Gasteiger partial charge >= 0.3 is 0 Å². The lowest BCUT2D eigenvalue weighted by molar-refractivity contribution is 0.102. The lowest BCUT2D eigenvalue weighted by Gasteiger charge is -2.40. The van der Waals surface area contributed by atoms with E-state index in [1.807, 2.05) is 11.0 Å². The predicted molar refractivity (Wildman–Crippen MR) is 135 cm³/mol. The van der Waals surface area contributed by atoms with Crippen molar-refractivity contribution in [1.82, 2.24) is 29.8 Å². The van der Waals surface area contributed by atoms with Gasteiger partial charge in [-0.15, -0.1) is 0 Å². The van der Waals surface area contributed by atoms with Crippen LogP contribution < -0.4 is 20.0 Å². The molecule has 2 fully saturated rings. The van der Waals surface area contributed by atoms with Crippen molar-refractivity contribution < 1.29 is 9.18 Å². The number of aromatic nitrogens is 5. The normalized spacial score (nSPS) is 18.9. The van der Waals surface area contributed by atoms with Gasteiger partial charge in [0.05, 0.1) is 23.6 Å². The number of nitrogens with one attached hydrogen (secondary N) is 1. The summed E-state index contributed by atoms with van der Waals surface area (Å²) in [5, 5.41) is 2.84. The first-order chi connectivity index (χ1) is 17.5. The second-order valence-electron chi connectivity index (χ2n) is 9.11. The van der Waals surface area contributed by atoms with Gasteiger partial charge in [0.2, 0.25) is 11.9 Å². The van der Waals surface area contributed by atoms with Crippen molar-refractivity contribution in [3.63, 3.8) is 0 Å². The van der Waals surface area contributed by atoms with E-state index >= 15 is 0 Å². The summed E-state index contributed by atoms with van der Waals surface area (Å²) in [6.45, 7) is 7.85. The summed E-state index contributed by atoms with van der Waals surface area (Å²) in [7, 11) is 2.11. The van der Waals surface area contributed by atoms with Gasteiger partial charge < -0.3 is 24.9 Å². The summed E-state index contributed by atoms with van der Waals surface area (Å²) in [5.41, 5.74) is 0.984. The summed E-state index contributed by atoms with van der Waals surface area (Å²) in [4.78, 5) is 42.4. The fraction of sp³-hybridized carbons (Fsp3) is 0.417. The number of likely N-dealkylation sites (N-methyl/N-ethyl adjacent to an activating group) is 1. The Morgan fingerprint density at radius 3 is 2.33 bits per heavy atom. The van der Waals surface area contributed by atoms with Crippen molar-refractivity contribution in [2.45, 2.75) is 13.0 Å². The maximum Gasteiger partial charge on any atom is 0.257 e. The van der Waals surface area contributed by atoms with Gasteiger partial charge in [0.1, 0.15) is 18.0 Å². The van der Waals surface area contributed by atoms with Gasteiger partial charge in [-0.25, -0.2) is 24.9 Å². The highest BCUT2D eigenvalue weighted by Crippen LogP contribution is 2.21. The van der Waals surface area contributed by atoms with E-state index in [0.29, 0.717) is 42.7 Å². The van der Waals surface area contributed by atoms with Crippen molar-refractivity contribution >= 4 is 29.2 Å². The second-order valence-corrected chi connectivity index (χ2v) is 9.11. The molecule has 1 N–H and O–H groups in total. The molecule has 0 aromatic carbocycles. The number of piperazine rings is 2.